The van der Waals surface area contributed by atoms with Gasteiger partial charge in [-0.2, -0.15) is 0 Å². The Morgan fingerprint density at radius 2 is 1.74 bits per heavy atom. The Hall–Kier alpha value is -3.65. The van der Waals surface area contributed by atoms with Gasteiger partial charge in [-0.3, -0.25) is 19.3 Å². The summed E-state index contributed by atoms with van der Waals surface area (Å²) in [7, 11) is 0. The van der Waals surface area contributed by atoms with Crippen LogP contribution < -0.4 is 5.32 Å². The van der Waals surface area contributed by atoms with Gasteiger partial charge in [0.1, 0.15) is 6.04 Å². The number of fused-ring (bicyclic) bond motifs is 1. The van der Waals surface area contributed by atoms with Crippen molar-refractivity contribution in [1.29, 1.82) is 0 Å². The number of aliphatic carboxylic acids is 1. The standard InChI is InChI=1S/C23H24N4O4/c1-15(28)26-9-11-27(12-10-26)21(23(30)31)19-14-24-20-8-7-17(13-18(19)20)25-22(29)16-5-3-2-4-6-16/h2-8,13-14,21,24H,9-12H2,1H3,(H,25,29)(H,30,31)/t21-/m0/s1. The van der Waals surface area contributed by atoms with E-state index in [0.717, 1.165) is 10.9 Å². The lowest BCUT2D eigenvalue weighted by Crippen LogP contribution is -2.50. The lowest BCUT2D eigenvalue weighted by atomic mass is 10.0. The molecule has 8 heteroatoms. The van der Waals surface area contributed by atoms with E-state index in [9.17, 15) is 19.5 Å². The SMILES string of the molecule is CC(=O)N1CCN([C@H](C(=O)O)c2c[nH]c3ccc(NC(=O)c4ccccc4)cc23)CC1. The average molecular weight is 420 g/mol. The monoisotopic (exact) mass is 420 g/mol. The summed E-state index contributed by atoms with van der Waals surface area (Å²) in [6.45, 7) is 3.48. The summed E-state index contributed by atoms with van der Waals surface area (Å²) in [6, 6.07) is 13.5. The van der Waals surface area contributed by atoms with Crippen LogP contribution in [0.4, 0.5) is 5.69 Å². The molecule has 0 bridgehead atoms. The number of carboxylic acid groups (broad SMARTS) is 1. The van der Waals surface area contributed by atoms with Gasteiger partial charge < -0.3 is 20.3 Å². The Bertz CT molecular complexity index is 1120. The maximum absolute atomic E-state index is 12.5. The summed E-state index contributed by atoms with van der Waals surface area (Å²) in [5.74, 6) is -1.18. The number of aromatic amines is 1. The lowest BCUT2D eigenvalue weighted by Gasteiger charge is -2.37. The first-order valence-corrected chi connectivity index (χ1v) is 10.1. The third-order valence-corrected chi connectivity index (χ3v) is 5.66. The normalized spacial score (nSPS) is 15.6. The van der Waals surface area contributed by atoms with Gasteiger partial charge in [0.05, 0.1) is 0 Å². The molecule has 2 amide bonds. The van der Waals surface area contributed by atoms with E-state index in [0.29, 0.717) is 43.0 Å². The van der Waals surface area contributed by atoms with Gasteiger partial charge in [0, 0.05) is 67.0 Å². The van der Waals surface area contributed by atoms with Crippen LogP contribution in [0.1, 0.15) is 28.9 Å². The molecule has 160 valence electrons. The van der Waals surface area contributed by atoms with E-state index in [1.807, 2.05) is 17.0 Å². The molecule has 1 aliphatic rings. The molecule has 8 nitrogen and oxygen atoms in total. The molecule has 0 saturated carbocycles. The third-order valence-electron chi connectivity index (χ3n) is 5.66. The Morgan fingerprint density at radius 1 is 1.03 bits per heavy atom. The topological polar surface area (TPSA) is 106 Å². The zero-order valence-corrected chi connectivity index (χ0v) is 17.2. The van der Waals surface area contributed by atoms with Gasteiger partial charge >= 0.3 is 5.97 Å². The van der Waals surface area contributed by atoms with Crippen molar-refractivity contribution in [2.45, 2.75) is 13.0 Å². The Balaban J connectivity index is 1.60. The molecule has 2 heterocycles. The number of piperazine rings is 1. The highest BCUT2D eigenvalue weighted by Crippen LogP contribution is 2.31. The highest BCUT2D eigenvalue weighted by Gasteiger charge is 2.32. The lowest BCUT2D eigenvalue weighted by molar-refractivity contribution is -0.144. The second kappa shape index (κ2) is 8.61. The van der Waals surface area contributed by atoms with E-state index in [1.165, 1.54) is 6.92 Å². The predicted octanol–water partition coefficient (Wildman–Crippen LogP) is 2.71. The molecule has 2 aromatic carbocycles. The highest BCUT2D eigenvalue weighted by molar-refractivity contribution is 6.05. The smallest absolute Gasteiger partial charge is 0.325 e. The molecule has 31 heavy (non-hydrogen) atoms. The van der Waals surface area contributed by atoms with Crippen LogP contribution in [-0.4, -0.2) is 63.9 Å². The minimum absolute atomic E-state index is 0.00239. The number of carboxylic acids is 1. The van der Waals surface area contributed by atoms with Crippen LogP contribution in [0.25, 0.3) is 10.9 Å². The van der Waals surface area contributed by atoms with Crippen molar-refractivity contribution in [3.8, 4) is 0 Å². The first kappa shape index (κ1) is 20.6. The maximum Gasteiger partial charge on any atom is 0.325 e. The van der Waals surface area contributed by atoms with E-state index in [1.54, 1.807) is 47.5 Å². The molecule has 0 aliphatic carbocycles. The minimum atomic E-state index is -0.948. The summed E-state index contributed by atoms with van der Waals surface area (Å²) in [6.07, 6.45) is 1.71. The van der Waals surface area contributed by atoms with E-state index in [2.05, 4.69) is 10.3 Å². The van der Waals surface area contributed by atoms with Crippen LogP contribution in [-0.2, 0) is 9.59 Å². The Kier molecular flexibility index (Phi) is 5.73. The first-order chi connectivity index (χ1) is 14.9. The number of carbonyl (C=O) groups excluding carboxylic acids is 2. The first-order valence-electron chi connectivity index (χ1n) is 10.1. The van der Waals surface area contributed by atoms with Crippen LogP contribution in [0, 0.1) is 0 Å². The molecule has 1 atom stereocenters. The van der Waals surface area contributed by atoms with Crippen molar-refractivity contribution in [2.75, 3.05) is 31.5 Å². The molecule has 1 saturated heterocycles. The van der Waals surface area contributed by atoms with Crippen LogP contribution in [0.3, 0.4) is 0 Å². The van der Waals surface area contributed by atoms with Crippen LogP contribution >= 0.6 is 0 Å². The number of H-pyrrole nitrogens is 1. The second-order valence-electron chi connectivity index (χ2n) is 7.61. The van der Waals surface area contributed by atoms with Gasteiger partial charge in [0.25, 0.3) is 5.91 Å². The van der Waals surface area contributed by atoms with E-state index >= 15 is 0 Å². The number of carbonyl (C=O) groups is 3. The van der Waals surface area contributed by atoms with Gasteiger partial charge in [-0.05, 0) is 30.3 Å². The number of amides is 2. The molecule has 0 spiro atoms. The van der Waals surface area contributed by atoms with E-state index in [4.69, 9.17) is 0 Å². The van der Waals surface area contributed by atoms with E-state index < -0.39 is 12.0 Å². The molecular weight excluding hydrogens is 396 g/mol. The number of anilines is 1. The van der Waals surface area contributed by atoms with Crippen LogP contribution in [0.5, 0.6) is 0 Å². The molecule has 3 aromatic rings. The fourth-order valence-corrected chi connectivity index (χ4v) is 4.02. The Morgan fingerprint density at radius 3 is 2.39 bits per heavy atom. The number of nitrogens with one attached hydrogen (secondary N) is 2. The summed E-state index contributed by atoms with van der Waals surface area (Å²) in [5.41, 5.74) is 2.56. The Labute approximate surface area is 179 Å². The largest absolute Gasteiger partial charge is 0.480 e. The van der Waals surface area contributed by atoms with Crippen molar-refractivity contribution < 1.29 is 19.5 Å². The highest BCUT2D eigenvalue weighted by atomic mass is 16.4. The molecule has 1 aromatic heterocycles. The molecule has 1 aliphatic heterocycles. The summed E-state index contributed by atoms with van der Waals surface area (Å²) < 4.78 is 0. The van der Waals surface area contributed by atoms with Crippen LogP contribution in [0.2, 0.25) is 0 Å². The maximum atomic E-state index is 12.5. The van der Waals surface area contributed by atoms with Gasteiger partial charge in [-0.1, -0.05) is 18.2 Å². The molecular formula is C23H24N4O4. The summed E-state index contributed by atoms with van der Waals surface area (Å²) in [4.78, 5) is 43.0. The predicted molar refractivity (Wildman–Crippen MR) is 117 cm³/mol. The fourth-order valence-electron chi connectivity index (χ4n) is 4.02. The zero-order valence-electron chi connectivity index (χ0n) is 17.2. The third kappa shape index (κ3) is 4.29. The van der Waals surface area contributed by atoms with Gasteiger partial charge in [0.15, 0.2) is 0 Å². The number of aromatic nitrogens is 1. The van der Waals surface area contributed by atoms with Crippen molar-refractivity contribution in [3.05, 3.63) is 65.9 Å². The fraction of sp³-hybridized carbons (Fsp3) is 0.261. The zero-order chi connectivity index (χ0) is 22.0. The average Bonchev–Trinajstić information content (AvgIpc) is 3.17. The summed E-state index contributed by atoms with van der Waals surface area (Å²) >= 11 is 0. The number of hydrogen-bond donors (Lipinski definition) is 3. The number of nitrogens with zero attached hydrogens (tertiary/aromatic N) is 2. The molecule has 4 rings (SSSR count). The summed E-state index contributed by atoms with van der Waals surface area (Å²) in [5, 5.41) is 13.6. The molecule has 1 fully saturated rings. The van der Waals surface area contributed by atoms with Crippen molar-refractivity contribution >= 4 is 34.4 Å². The minimum Gasteiger partial charge on any atom is -0.480 e. The van der Waals surface area contributed by atoms with Crippen molar-refractivity contribution in [1.82, 2.24) is 14.8 Å². The quantitative estimate of drug-likeness (QED) is 0.589. The van der Waals surface area contributed by atoms with Crippen molar-refractivity contribution in [2.24, 2.45) is 0 Å². The van der Waals surface area contributed by atoms with E-state index in [-0.39, 0.29) is 11.8 Å². The molecule has 0 radical (unpaired) electrons. The van der Waals surface area contributed by atoms with Crippen molar-refractivity contribution in [3.63, 3.8) is 0 Å². The van der Waals surface area contributed by atoms with Gasteiger partial charge in [0.2, 0.25) is 5.91 Å². The number of benzene rings is 2. The molecule has 0 unspecified atom stereocenters. The van der Waals surface area contributed by atoms with Gasteiger partial charge in [-0.15, -0.1) is 0 Å². The number of hydrogen-bond acceptors (Lipinski definition) is 4. The number of rotatable bonds is 5. The van der Waals surface area contributed by atoms with Gasteiger partial charge in [-0.25, -0.2) is 0 Å². The second-order valence-corrected chi connectivity index (χ2v) is 7.61. The van der Waals surface area contributed by atoms with Crippen LogP contribution in [0.15, 0.2) is 54.7 Å². The molecule has 3 N–H and O–H groups in total.